The Kier molecular flexibility index (Phi) is 5.25. The lowest BCUT2D eigenvalue weighted by Gasteiger charge is -2.00. The van der Waals surface area contributed by atoms with Gasteiger partial charge in [-0.05, 0) is 24.6 Å². The number of hydrogen-bond acceptors (Lipinski definition) is 5. The molecule has 0 aliphatic heterocycles. The molecule has 1 amide bonds. The normalized spacial score (nSPS) is 10.0. The quantitative estimate of drug-likeness (QED) is 0.691. The van der Waals surface area contributed by atoms with Gasteiger partial charge in [0.1, 0.15) is 0 Å². The summed E-state index contributed by atoms with van der Waals surface area (Å²) in [5, 5.41) is 7.34. The van der Waals surface area contributed by atoms with Crippen LogP contribution in [0.25, 0.3) is 0 Å². The average molecular weight is 346 g/mol. The minimum Gasteiger partial charge on any atom is -0.366 e. The van der Waals surface area contributed by atoms with E-state index in [4.69, 9.17) is 5.73 Å². The molecule has 26 heavy (non-hydrogen) atoms. The molecule has 0 spiro atoms. The summed E-state index contributed by atoms with van der Waals surface area (Å²) in [6.07, 6.45) is 7.94. The number of carbonyl (C=O) groups excluding carboxylic acids is 1. The molecule has 7 heteroatoms. The maximum absolute atomic E-state index is 11.2. The Balaban J connectivity index is 1.68. The van der Waals surface area contributed by atoms with Crippen LogP contribution in [0, 0.1) is 11.8 Å². The first-order valence-corrected chi connectivity index (χ1v) is 8.17. The van der Waals surface area contributed by atoms with Gasteiger partial charge in [0.25, 0.3) is 0 Å². The third-order valence-corrected chi connectivity index (χ3v) is 3.49. The van der Waals surface area contributed by atoms with Crippen LogP contribution < -0.4 is 11.1 Å². The van der Waals surface area contributed by atoms with Crippen molar-refractivity contribution in [1.82, 2.24) is 19.7 Å². The molecule has 0 saturated heterocycles. The second kappa shape index (κ2) is 7.94. The highest BCUT2D eigenvalue weighted by atomic mass is 16.1. The van der Waals surface area contributed by atoms with Gasteiger partial charge in [0.2, 0.25) is 11.9 Å². The molecule has 0 bridgehead atoms. The summed E-state index contributed by atoms with van der Waals surface area (Å²) in [5.41, 5.74) is 7.90. The highest BCUT2D eigenvalue weighted by Gasteiger charge is 2.01. The number of nitrogens with two attached hydrogens (primary N) is 1. The number of rotatable bonds is 5. The van der Waals surface area contributed by atoms with Crippen LogP contribution in [0.1, 0.15) is 34.8 Å². The molecule has 0 unspecified atom stereocenters. The maximum atomic E-state index is 11.2. The van der Waals surface area contributed by atoms with Crippen LogP contribution in [-0.4, -0.2) is 25.7 Å². The van der Waals surface area contributed by atoms with E-state index in [1.165, 1.54) is 0 Å². The van der Waals surface area contributed by atoms with Crippen molar-refractivity contribution in [3.05, 3.63) is 65.7 Å². The van der Waals surface area contributed by atoms with E-state index < -0.39 is 5.91 Å². The molecule has 0 saturated carbocycles. The third kappa shape index (κ3) is 4.45. The summed E-state index contributed by atoms with van der Waals surface area (Å²) in [6.45, 7) is 2.97. The molecule has 130 valence electrons. The smallest absolute Gasteiger partial charge is 0.248 e. The van der Waals surface area contributed by atoms with E-state index in [9.17, 15) is 4.79 Å². The van der Waals surface area contributed by atoms with E-state index in [1.54, 1.807) is 36.8 Å². The lowest BCUT2D eigenvalue weighted by atomic mass is 10.1. The fourth-order valence-electron chi connectivity index (χ4n) is 2.26. The first-order chi connectivity index (χ1) is 12.6. The molecule has 0 radical (unpaired) electrons. The van der Waals surface area contributed by atoms with Gasteiger partial charge in [0, 0.05) is 36.3 Å². The highest BCUT2D eigenvalue weighted by molar-refractivity contribution is 5.93. The summed E-state index contributed by atoms with van der Waals surface area (Å²) < 4.78 is 1.86. The SMILES string of the molecule is CCCn1cc(Nc2ncc(C#Cc3cccc(C(N)=O)c3)cn2)cn1. The zero-order valence-corrected chi connectivity index (χ0v) is 14.3. The number of hydrogen-bond donors (Lipinski definition) is 2. The lowest BCUT2D eigenvalue weighted by molar-refractivity contribution is 0.100. The summed E-state index contributed by atoms with van der Waals surface area (Å²) in [5.74, 6) is 5.94. The minimum absolute atomic E-state index is 0.427. The standard InChI is InChI=1S/C19H18N6O/c1-2-8-25-13-17(12-23-25)24-19-21-10-15(11-22-19)7-6-14-4-3-5-16(9-14)18(20)26/h3-5,9-13H,2,8H2,1H3,(H2,20,26)(H,21,22,24). The van der Waals surface area contributed by atoms with Gasteiger partial charge < -0.3 is 11.1 Å². The number of aryl methyl sites for hydroxylation is 1. The van der Waals surface area contributed by atoms with E-state index in [-0.39, 0.29) is 0 Å². The predicted octanol–water partition coefficient (Wildman–Crippen LogP) is 2.33. The third-order valence-electron chi connectivity index (χ3n) is 3.49. The number of benzene rings is 1. The van der Waals surface area contributed by atoms with Crippen LogP contribution in [0.3, 0.4) is 0 Å². The molecule has 1 aromatic carbocycles. The minimum atomic E-state index is -0.477. The average Bonchev–Trinajstić information content (AvgIpc) is 3.09. The summed E-state index contributed by atoms with van der Waals surface area (Å²) >= 11 is 0. The molecule has 3 N–H and O–H groups in total. The number of anilines is 2. The number of carbonyl (C=O) groups is 1. The van der Waals surface area contributed by atoms with Crippen molar-refractivity contribution in [3.63, 3.8) is 0 Å². The van der Waals surface area contributed by atoms with Crippen LogP contribution in [0.2, 0.25) is 0 Å². The van der Waals surface area contributed by atoms with Crippen LogP contribution in [0.15, 0.2) is 49.1 Å². The Labute approximate surface area is 151 Å². The predicted molar refractivity (Wildman–Crippen MR) is 98.8 cm³/mol. The number of nitrogens with one attached hydrogen (secondary N) is 1. The fourth-order valence-corrected chi connectivity index (χ4v) is 2.26. The van der Waals surface area contributed by atoms with Crippen LogP contribution in [0.4, 0.5) is 11.6 Å². The zero-order chi connectivity index (χ0) is 18.4. The topological polar surface area (TPSA) is 98.7 Å². The van der Waals surface area contributed by atoms with Gasteiger partial charge in [0.15, 0.2) is 0 Å². The summed E-state index contributed by atoms with van der Waals surface area (Å²) in [6, 6.07) is 6.86. The molecule has 3 aromatic rings. The largest absolute Gasteiger partial charge is 0.366 e. The van der Waals surface area contributed by atoms with Crippen molar-refractivity contribution in [3.8, 4) is 11.8 Å². The Bertz CT molecular complexity index is 965. The summed E-state index contributed by atoms with van der Waals surface area (Å²) in [4.78, 5) is 19.7. The van der Waals surface area contributed by atoms with Crippen LogP contribution >= 0.6 is 0 Å². The van der Waals surface area contributed by atoms with Crippen molar-refractivity contribution >= 4 is 17.5 Å². The van der Waals surface area contributed by atoms with Gasteiger partial charge in [-0.3, -0.25) is 9.48 Å². The molecule has 2 heterocycles. The zero-order valence-electron chi connectivity index (χ0n) is 14.3. The van der Waals surface area contributed by atoms with E-state index in [2.05, 4.69) is 39.1 Å². The highest BCUT2D eigenvalue weighted by Crippen LogP contribution is 2.11. The molecular weight excluding hydrogens is 328 g/mol. The van der Waals surface area contributed by atoms with Crippen molar-refractivity contribution in [2.24, 2.45) is 5.73 Å². The molecule has 7 nitrogen and oxygen atoms in total. The monoisotopic (exact) mass is 346 g/mol. The first-order valence-electron chi connectivity index (χ1n) is 8.17. The first kappa shape index (κ1) is 17.2. The fraction of sp³-hybridized carbons (Fsp3) is 0.158. The van der Waals surface area contributed by atoms with Gasteiger partial charge in [0.05, 0.1) is 17.4 Å². The number of aromatic nitrogens is 4. The Morgan fingerprint density at radius 2 is 1.96 bits per heavy atom. The van der Waals surface area contributed by atoms with Crippen molar-refractivity contribution < 1.29 is 4.79 Å². The van der Waals surface area contributed by atoms with Crippen molar-refractivity contribution in [1.29, 1.82) is 0 Å². The second-order valence-electron chi connectivity index (χ2n) is 5.61. The second-order valence-corrected chi connectivity index (χ2v) is 5.61. The molecule has 0 atom stereocenters. The summed E-state index contributed by atoms with van der Waals surface area (Å²) in [7, 11) is 0. The van der Waals surface area contributed by atoms with Crippen molar-refractivity contribution in [2.45, 2.75) is 19.9 Å². The maximum Gasteiger partial charge on any atom is 0.248 e. The lowest BCUT2D eigenvalue weighted by Crippen LogP contribution is -2.10. The molecule has 0 fully saturated rings. The van der Waals surface area contributed by atoms with E-state index in [0.717, 1.165) is 18.7 Å². The van der Waals surface area contributed by atoms with Gasteiger partial charge in [-0.15, -0.1) is 0 Å². The van der Waals surface area contributed by atoms with Gasteiger partial charge >= 0.3 is 0 Å². The number of nitrogens with zero attached hydrogens (tertiary/aromatic N) is 4. The van der Waals surface area contributed by atoms with Crippen LogP contribution in [-0.2, 0) is 6.54 Å². The Morgan fingerprint density at radius 3 is 2.69 bits per heavy atom. The Morgan fingerprint density at radius 1 is 1.19 bits per heavy atom. The van der Waals surface area contributed by atoms with Gasteiger partial charge in [-0.25, -0.2) is 9.97 Å². The Hall–Kier alpha value is -3.66. The molecule has 3 rings (SSSR count). The molecule has 0 aliphatic rings. The van der Waals surface area contributed by atoms with E-state index in [0.29, 0.717) is 22.6 Å². The molecule has 0 aliphatic carbocycles. The van der Waals surface area contributed by atoms with Gasteiger partial charge in [-0.1, -0.05) is 24.8 Å². The van der Waals surface area contributed by atoms with Crippen LogP contribution in [0.5, 0.6) is 0 Å². The molecular formula is C19H18N6O. The van der Waals surface area contributed by atoms with E-state index in [1.807, 2.05) is 16.9 Å². The van der Waals surface area contributed by atoms with Crippen molar-refractivity contribution in [2.75, 3.05) is 5.32 Å². The van der Waals surface area contributed by atoms with Gasteiger partial charge in [-0.2, -0.15) is 5.10 Å². The number of primary amides is 1. The number of amides is 1. The van der Waals surface area contributed by atoms with E-state index >= 15 is 0 Å². The molecule has 2 aromatic heterocycles.